The maximum absolute atomic E-state index is 11.4. The summed E-state index contributed by atoms with van der Waals surface area (Å²) < 4.78 is 4.91. The molecule has 1 fully saturated rings. The van der Waals surface area contributed by atoms with E-state index in [1.54, 1.807) is 14.0 Å². The lowest BCUT2D eigenvalue weighted by Crippen LogP contribution is -2.34. The van der Waals surface area contributed by atoms with Crippen LogP contribution < -0.4 is 0 Å². The molecular weight excluding hydrogens is 216 g/mol. The van der Waals surface area contributed by atoms with Gasteiger partial charge in [0, 0.05) is 7.05 Å². The standard InChI is InChI=1S/C13H22N2O2/c1-4-17-13(16)14(3)12(2)8-7-11-15-9-5-6-10-15/h12H,4-6,9-11H2,1-3H3. The summed E-state index contributed by atoms with van der Waals surface area (Å²) in [4.78, 5) is 15.3. The van der Waals surface area contributed by atoms with Gasteiger partial charge in [-0.3, -0.25) is 9.80 Å². The van der Waals surface area contributed by atoms with Crippen molar-refractivity contribution in [3.8, 4) is 11.8 Å². The van der Waals surface area contributed by atoms with Crippen LogP contribution in [0.1, 0.15) is 26.7 Å². The lowest BCUT2D eigenvalue weighted by atomic mass is 10.3. The molecule has 0 N–H and O–H groups in total. The molecule has 1 atom stereocenters. The fourth-order valence-electron chi connectivity index (χ4n) is 1.73. The monoisotopic (exact) mass is 238 g/mol. The molecule has 1 aliphatic heterocycles. The van der Waals surface area contributed by atoms with E-state index in [1.165, 1.54) is 17.7 Å². The smallest absolute Gasteiger partial charge is 0.410 e. The van der Waals surface area contributed by atoms with Crippen LogP contribution in [-0.2, 0) is 4.74 Å². The van der Waals surface area contributed by atoms with Gasteiger partial charge in [0.25, 0.3) is 0 Å². The zero-order chi connectivity index (χ0) is 12.7. The molecule has 1 aliphatic rings. The molecule has 17 heavy (non-hydrogen) atoms. The van der Waals surface area contributed by atoms with Gasteiger partial charge in [-0.2, -0.15) is 0 Å². The Kier molecular flexibility index (Phi) is 5.85. The van der Waals surface area contributed by atoms with Gasteiger partial charge in [-0.1, -0.05) is 11.8 Å². The summed E-state index contributed by atoms with van der Waals surface area (Å²) in [5.41, 5.74) is 0. The lowest BCUT2D eigenvalue weighted by Gasteiger charge is -2.19. The first kappa shape index (κ1) is 13.9. The Morgan fingerprint density at radius 1 is 1.47 bits per heavy atom. The highest BCUT2D eigenvalue weighted by Crippen LogP contribution is 2.05. The highest BCUT2D eigenvalue weighted by molar-refractivity contribution is 5.68. The fourth-order valence-corrected chi connectivity index (χ4v) is 1.73. The molecule has 0 bridgehead atoms. The number of rotatable bonds is 3. The molecule has 0 aromatic heterocycles. The summed E-state index contributed by atoms with van der Waals surface area (Å²) in [7, 11) is 1.72. The highest BCUT2D eigenvalue weighted by atomic mass is 16.6. The third kappa shape index (κ3) is 4.66. The van der Waals surface area contributed by atoms with Crippen LogP contribution in [0.15, 0.2) is 0 Å². The van der Waals surface area contributed by atoms with E-state index in [9.17, 15) is 4.79 Å². The van der Waals surface area contributed by atoms with Crippen molar-refractivity contribution in [1.29, 1.82) is 0 Å². The van der Waals surface area contributed by atoms with Crippen molar-refractivity contribution in [2.24, 2.45) is 0 Å². The van der Waals surface area contributed by atoms with E-state index in [0.29, 0.717) is 6.61 Å². The minimum atomic E-state index is -0.310. The fraction of sp³-hybridized carbons (Fsp3) is 0.769. The Balaban J connectivity index is 2.33. The predicted molar refractivity (Wildman–Crippen MR) is 67.7 cm³/mol. The first-order chi connectivity index (χ1) is 8.15. The Bertz CT molecular complexity index is 300. The van der Waals surface area contributed by atoms with Gasteiger partial charge in [0.05, 0.1) is 19.2 Å². The SMILES string of the molecule is CCOC(=O)N(C)C(C)C#CCN1CCCC1. The van der Waals surface area contributed by atoms with Gasteiger partial charge in [-0.25, -0.2) is 4.79 Å². The van der Waals surface area contributed by atoms with Crippen LogP contribution >= 0.6 is 0 Å². The predicted octanol–water partition coefficient (Wildman–Crippen LogP) is 1.56. The second-order valence-electron chi connectivity index (χ2n) is 4.29. The van der Waals surface area contributed by atoms with Gasteiger partial charge in [-0.15, -0.1) is 0 Å². The van der Waals surface area contributed by atoms with E-state index in [-0.39, 0.29) is 12.1 Å². The van der Waals surface area contributed by atoms with Crippen molar-refractivity contribution >= 4 is 6.09 Å². The second-order valence-corrected chi connectivity index (χ2v) is 4.29. The average molecular weight is 238 g/mol. The zero-order valence-electron chi connectivity index (χ0n) is 11.0. The van der Waals surface area contributed by atoms with E-state index in [0.717, 1.165) is 19.6 Å². The van der Waals surface area contributed by atoms with Gasteiger partial charge in [0.2, 0.25) is 0 Å². The molecule has 1 rings (SSSR count). The third-order valence-corrected chi connectivity index (χ3v) is 2.95. The van der Waals surface area contributed by atoms with Gasteiger partial charge in [-0.05, 0) is 39.8 Å². The Labute approximate surface area is 104 Å². The molecule has 0 aromatic rings. The first-order valence-electron chi connectivity index (χ1n) is 6.25. The lowest BCUT2D eigenvalue weighted by molar-refractivity contribution is 0.111. The molecule has 0 aliphatic carbocycles. The van der Waals surface area contributed by atoms with Crippen LogP contribution in [0.5, 0.6) is 0 Å². The van der Waals surface area contributed by atoms with Crippen molar-refractivity contribution in [2.45, 2.75) is 32.7 Å². The normalized spacial score (nSPS) is 17.1. The van der Waals surface area contributed by atoms with Crippen molar-refractivity contribution in [3.63, 3.8) is 0 Å². The molecule has 0 radical (unpaired) electrons. The van der Waals surface area contributed by atoms with E-state index in [2.05, 4.69) is 16.7 Å². The maximum Gasteiger partial charge on any atom is 0.410 e. The van der Waals surface area contributed by atoms with Gasteiger partial charge in [0.1, 0.15) is 0 Å². The molecule has 1 heterocycles. The van der Waals surface area contributed by atoms with Gasteiger partial charge in [0.15, 0.2) is 0 Å². The molecule has 4 nitrogen and oxygen atoms in total. The number of nitrogens with zero attached hydrogens (tertiary/aromatic N) is 2. The highest BCUT2D eigenvalue weighted by Gasteiger charge is 2.14. The van der Waals surface area contributed by atoms with Crippen LogP contribution in [0.2, 0.25) is 0 Å². The van der Waals surface area contributed by atoms with E-state index in [4.69, 9.17) is 4.74 Å². The number of carbonyl (C=O) groups excluding carboxylic acids is 1. The summed E-state index contributed by atoms with van der Waals surface area (Å²) in [5, 5.41) is 0. The van der Waals surface area contributed by atoms with Crippen LogP contribution in [0.3, 0.4) is 0 Å². The summed E-state index contributed by atoms with van der Waals surface area (Å²) >= 11 is 0. The Morgan fingerprint density at radius 2 is 2.12 bits per heavy atom. The molecular formula is C13H22N2O2. The molecule has 96 valence electrons. The molecule has 0 spiro atoms. The molecule has 1 unspecified atom stereocenters. The summed E-state index contributed by atoms with van der Waals surface area (Å²) in [6.07, 6.45) is 2.25. The van der Waals surface area contributed by atoms with Crippen molar-refractivity contribution < 1.29 is 9.53 Å². The van der Waals surface area contributed by atoms with E-state index in [1.807, 2.05) is 6.92 Å². The van der Waals surface area contributed by atoms with Crippen molar-refractivity contribution in [2.75, 3.05) is 33.3 Å². The third-order valence-electron chi connectivity index (χ3n) is 2.95. The van der Waals surface area contributed by atoms with Crippen LogP contribution in [0, 0.1) is 11.8 Å². The topological polar surface area (TPSA) is 32.8 Å². The quantitative estimate of drug-likeness (QED) is 0.700. The zero-order valence-corrected chi connectivity index (χ0v) is 11.0. The Morgan fingerprint density at radius 3 is 2.71 bits per heavy atom. The molecule has 1 amide bonds. The summed E-state index contributed by atoms with van der Waals surface area (Å²) in [6, 6.07) is -0.100. The summed E-state index contributed by atoms with van der Waals surface area (Å²) in [5.74, 6) is 6.21. The number of amides is 1. The minimum Gasteiger partial charge on any atom is -0.450 e. The molecule has 0 saturated carbocycles. The van der Waals surface area contributed by atoms with Gasteiger partial charge < -0.3 is 4.74 Å². The molecule has 4 heteroatoms. The van der Waals surface area contributed by atoms with Crippen LogP contribution in [0.25, 0.3) is 0 Å². The van der Waals surface area contributed by atoms with E-state index < -0.39 is 0 Å². The second kappa shape index (κ2) is 7.18. The number of likely N-dealkylation sites (tertiary alicyclic amines) is 1. The number of ether oxygens (including phenoxy) is 1. The number of hydrogen-bond acceptors (Lipinski definition) is 3. The molecule has 0 aromatic carbocycles. The Hall–Kier alpha value is -1.21. The van der Waals surface area contributed by atoms with Crippen molar-refractivity contribution in [3.05, 3.63) is 0 Å². The number of carbonyl (C=O) groups is 1. The summed E-state index contributed by atoms with van der Waals surface area (Å²) in [6.45, 7) is 7.22. The van der Waals surface area contributed by atoms with Crippen LogP contribution in [0.4, 0.5) is 4.79 Å². The number of hydrogen-bond donors (Lipinski definition) is 0. The minimum absolute atomic E-state index is 0.100. The first-order valence-corrected chi connectivity index (χ1v) is 6.25. The maximum atomic E-state index is 11.4. The van der Waals surface area contributed by atoms with Gasteiger partial charge >= 0.3 is 6.09 Å². The average Bonchev–Trinajstić information content (AvgIpc) is 2.81. The van der Waals surface area contributed by atoms with E-state index >= 15 is 0 Å². The molecule has 1 saturated heterocycles. The van der Waals surface area contributed by atoms with Crippen LogP contribution in [-0.4, -0.2) is 55.2 Å². The largest absolute Gasteiger partial charge is 0.450 e. The van der Waals surface area contributed by atoms with Crippen molar-refractivity contribution in [1.82, 2.24) is 9.80 Å².